The van der Waals surface area contributed by atoms with E-state index in [2.05, 4.69) is 5.32 Å². The largest absolute Gasteiger partial charge is 0.357 e. The highest BCUT2D eigenvalue weighted by Gasteiger charge is 2.35. The molecule has 4 aromatic carbocycles. The SMILES string of the molecule is CNC(=O)[C@H](Cc1ccccc1)N(Cc1ccc(Cl)cc1)C(=O)CN1C(=O)c2cccc3cccc1c23. The monoisotopic (exact) mass is 511 g/mol. The van der Waals surface area contributed by atoms with E-state index in [4.69, 9.17) is 11.6 Å². The van der Waals surface area contributed by atoms with E-state index in [-0.39, 0.29) is 30.8 Å². The number of nitrogens with zero attached hydrogens (tertiary/aromatic N) is 2. The number of nitrogens with one attached hydrogen (secondary N) is 1. The summed E-state index contributed by atoms with van der Waals surface area (Å²) in [6.07, 6.45) is 0.337. The van der Waals surface area contributed by atoms with Gasteiger partial charge in [0.15, 0.2) is 0 Å². The van der Waals surface area contributed by atoms with E-state index in [0.717, 1.165) is 21.9 Å². The van der Waals surface area contributed by atoms with Gasteiger partial charge in [-0.2, -0.15) is 0 Å². The molecule has 0 radical (unpaired) electrons. The quantitative estimate of drug-likeness (QED) is 0.368. The van der Waals surface area contributed by atoms with Gasteiger partial charge in [0.1, 0.15) is 12.6 Å². The van der Waals surface area contributed by atoms with E-state index in [0.29, 0.717) is 22.7 Å². The van der Waals surface area contributed by atoms with Crippen LogP contribution in [0, 0.1) is 0 Å². The average Bonchev–Trinajstić information content (AvgIpc) is 3.19. The first kappa shape index (κ1) is 24.5. The molecule has 0 bridgehead atoms. The van der Waals surface area contributed by atoms with Crippen LogP contribution in [-0.4, -0.2) is 42.3 Å². The smallest absolute Gasteiger partial charge is 0.259 e. The van der Waals surface area contributed by atoms with Gasteiger partial charge in [0, 0.05) is 36.0 Å². The first-order chi connectivity index (χ1) is 18.0. The minimum atomic E-state index is -0.772. The molecule has 0 spiro atoms. The Balaban J connectivity index is 1.50. The van der Waals surface area contributed by atoms with E-state index in [1.165, 1.54) is 4.90 Å². The van der Waals surface area contributed by atoms with Crippen LogP contribution in [0.3, 0.4) is 0 Å². The van der Waals surface area contributed by atoms with Crippen molar-refractivity contribution >= 4 is 45.8 Å². The number of carbonyl (C=O) groups is 3. The maximum atomic E-state index is 14.0. The van der Waals surface area contributed by atoms with Crippen molar-refractivity contribution in [1.82, 2.24) is 10.2 Å². The molecule has 7 heteroatoms. The molecule has 1 atom stereocenters. The normalized spacial score (nSPS) is 13.0. The Morgan fingerprint density at radius 2 is 1.59 bits per heavy atom. The predicted molar refractivity (Wildman–Crippen MR) is 146 cm³/mol. The molecule has 1 heterocycles. The molecule has 4 aromatic rings. The Bertz CT molecular complexity index is 1470. The predicted octanol–water partition coefficient (Wildman–Crippen LogP) is 4.84. The second-order valence-electron chi connectivity index (χ2n) is 9.04. The molecule has 5 rings (SSSR count). The summed E-state index contributed by atoms with van der Waals surface area (Å²) >= 11 is 6.08. The molecular formula is C30H26ClN3O3. The minimum Gasteiger partial charge on any atom is -0.357 e. The maximum absolute atomic E-state index is 14.0. The van der Waals surface area contributed by atoms with Gasteiger partial charge in [-0.15, -0.1) is 0 Å². The Morgan fingerprint density at radius 3 is 2.30 bits per heavy atom. The van der Waals surface area contributed by atoms with Crippen LogP contribution >= 0.6 is 11.6 Å². The van der Waals surface area contributed by atoms with Gasteiger partial charge in [0.05, 0.1) is 5.69 Å². The Morgan fingerprint density at radius 1 is 0.892 bits per heavy atom. The number of benzene rings is 4. The topological polar surface area (TPSA) is 69.7 Å². The number of anilines is 1. The Labute approximate surface area is 220 Å². The summed E-state index contributed by atoms with van der Waals surface area (Å²) in [5, 5.41) is 5.09. The second-order valence-corrected chi connectivity index (χ2v) is 9.48. The maximum Gasteiger partial charge on any atom is 0.259 e. The zero-order valence-corrected chi connectivity index (χ0v) is 21.1. The van der Waals surface area contributed by atoms with E-state index in [1.807, 2.05) is 72.8 Å². The molecular weight excluding hydrogens is 486 g/mol. The number of carbonyl (C=O) groups excluding carboxylic acids is 3. The summed E-state index contributed by atoms with van der Waals surface area (Å²) in [7, 11) is 1.56. The number of hydrogen-bond acceptors (Lipinski definition) is 3. The van der Waals surface area contributed by atoms with Crippen LogP contribution in [0.1, 0.15) is 21.5 Å². The van der Waals surface area contributed by atoms with Crippen molar-refractivity contribution in [2.75, 3.05) is 18.5 Å². The van der Waals surface area contributed by atoms with Gasteiger partial charge in [-0.25, -0.2) is 0 Å². The number of likely N-dealkylation sites (N-methyl/N-ethyl adjacent to an activating group) is 1. The van der Waals surface area contributed by atoms with Gasteiger partial charge in [-0.1, -0.05) is 78.3 Å². The number of hydrogen-bond donors (Lipinski definition) is 1. The third-order valence-electron chi connectivity index (χ3n) is 6.73. The van der Waals surface area contributed by atoms with E-state index in [9.17, 15) is 14.4 Å². The molecule has 0 unspecified atom stereocenters. The number of amides is 3. The fourth-order valence-corrected chi connectivity index (χ4v) is 5.00. The first-order valence-corrected chi connectivity index (χ1v) is 12.5. The van der Waals surface area contributed by atoms with Crippen molar-refractivity contribution in [2.45, 2.75) is 19.0 Å². The minimum absolute atomic E-state index is 0.178. The van der Waals surface area contributed by atoms with Gasteiger partial charge >= 0.3 is 0 Å². The highest BCUT2D eigenvalue weighted by Crippen LogP contribution is 2.37. The van der Waals surface area contributed by atoms with Gasteiger partial charge in [0.25, 0.3) is 5.91 Å². The summed E-state index contributed by atoms with van der Waals surface area (Å²) in [6, 6.07) is 27.3. The average molecular weight is 512 g/mol. The van der Waals surface area contributed by atoms with Crippen molar-refractivity contribution < 1.29 is 14.4 Å². The second kappa shape index (κ2) is 10.4. The van der Waals surface area contributed by atoms with Crippen molar-refractivity contribution in [1.29, 1.82) is 0 Å². The van der Waals surface area contributed by atoms with Crippen LogP contribution < -0.4 is 10.2 Å². The van der Waals surface area contributed by atoms with Gasteiger partial charge in [-0.05, 0) is 40.8 Å². The van der Waals surface area contributed by atoms with Crippen LogP contribution in [0.15, 0.2) is 91.0 Å². The Kier molecular flexibility index (Phi) is 6.93. The summed E-state index contributed by atoms with van der Waals surface area (Å²) in [6.45, 7) is 0.0165. The lowest BCUT2D eigenvalue weighted by atomic mass is 10.0. The molecule has 0 aliphatic carbocycles. The lowest BCUT2D eigenvalue weighted by Gasteiger charge is -2.32. The molecule has 1 N–H and O–H groups in total. The lowest BCUT2D eigenvalue weighted by molar-refractivity contribution is -0.140. The molecule has 6 nitrogen and oxygen atoms in total. The summed E-state index contributed by atoms with van der Waals surface area (Å²) in [5.41, 5.74) is 3.05. The van der Waals surface area contributed by atoms with Crippen LogP contribution in [0.25, 0.3) is 10.8 Å². The Hall–Kier alpha value is -4.16. The summed E-state index contributed by atoms with van der Waals surface area (Å²) in [5.74, 6) is -0.812. The fraction of sp³-hybridized carbons (Fsp3) is 0.167. The zero-order valence-electron chi connectivity index (χ0n) is 20.4. The van der Waals surface area contributed by atoms with Crippen molar-refractivity contribution in [2.24, 2.45) is 0 Å². The molecule has 3 amide bonds. The highest BCUT2D eigenvalue weighted by atomic mass is 35.5. The number of rotatable bonds is 8. The summed E-state index contributed by atoms with van der Waals surface area (Å²) in [4.78, 5) is 43.5. The molecule has 0 saturated carbocycles. The highest BCUT2D eigenvalue weighted by molar-refractivity contribution is 6.30. The molecule has 186 valence electrons. The lowest BCUT2D eigenvalue weighted by Crippen LogP contribution is -2.52. The van der Waals surface area contributed by atoms with Crippen LogP contribution in [0.5, 0.6) is 0 Å². The molecule has 1 aliphatic heterocycles. The third-order valence-corrected chi connectivity index (χ3v) is 6.98. The fourth-order valence-electron chi connectivity index (χ4n) is 4.87. The first-order valence-electron chi connectivity index (χ1n) is 12.1. The molecule has 0 saturated heterocycles. The zero-order chi connectivity index (χ0) is 25.9. The molecule has 0 fully saturated rings. The number of halogens is 1. The summed E-state index contributed by atoms with van der Waals surface area (Å²) < 4.78 is 0. The van der Waals surface area contributed by atoms with Crippen molar-refractivity contribution in [3.8, 4) is 0 Å². The third kappa shape index (κ3) is 4.93. The van der Waals surface area contributed by atoms with Gasteiger partial charge in [-0.3, -0.25) is 19.3 Å². The van der Waals surface area contributed by atoms with Crippen molar-refractivity contribution in [3.05, 3.63) is 113 Å². The van der Waals surface area contributed by atoms with E-state index < -0.39 is 6.04 Å². The van der Waals surface area contributed by atoms with E-state index in [1.54, 1.807) is 30.1 Å². The van der Waals surface area contributed by atoms with Crippen LogP contribution in [-0.2, 0) is 22.6 Å². The molecule has 1 aliphatic rings. The van der Waals surface area contributed by atoms with Crippen molar-refractivity contribution in [3.63, 3.8) is 0 Å². The van der Waals surface area contributed by atoms with E-state index >= 15 is 0 Å². The van der Waals surface area contributed by atoms with Crippen LogP contribution in [0.2, 0.25) is 5.02 Å². The molecule has 37 heavy (non-hydrogen) atoms. The molecule has 0 aromatic heterocycles. The van der Waals surface area contributed by atoms with Crippen LogP contribution in [0.4, 0.5) is 5.69 Å². The van der Waals surface area contributed by atoms with Gasteiger partial charge in [0.2, 0.25) is 11.8 Å². The standard InChI is InChI=1S/C30H26ClN3O3/c1-32-29(36)26(17-20-7-3-2-4-8-20)33(18-21-13-15-23(31)16-14-21)27(35)19-34-25-12-6-10-22-9-5-11-24(28(22)25)30(34)37/h2-16,26H,17-19H2,1H3,(H,32,36)/t26-/m0/s1. The van der Waals surface area contributed by atoms with Gasteiger partial charge < -0.3 is 10.2 Å².